The molecule has 29 heavy (non-hydrogen) atoms. The minimum atomic E-state index is -0.518. The molecule has 1 aliphatic heterocycles. The monoisotopic (exact) mass is 405 g/mol. The van der Waals surface area contributed by atoms with E-state index in [2.05, 4.69) is 4.99 Å². The van der Waals surface area contributed by atoms with Crippen LogP contribution in [0.2, 0.25) is 0 Å². The lowest BCUT2D eigenvalue weighted by Crippen LogP contribution is -2.50. The van der Waals surface area contributed by atoms with Crippen LogP contribution in [0.25, 0.3) is 0 Å². The SMILES string of the molecule is CN(C(N)=NCc1ccc(N2CCN(C(=O)OC(C)(C)C)CC2)c(F)c1)C1CC1. The molecule has 1 heterocycles. The molecule has 7 nitrogen and oxygen atoms in total. The number of benzene rings is 1. The van der Waals surface area contributed by atoms with Gasteiger partial charge >= 0.3 is 6.09 Å². The van der Waals surface area contributed by atoms with Gasteiger partial charge in [-0.3, -0.25) is 0 Å². The molecule has 0 radical (unpaired) electrons. The van der Waals surface area contributed by atoms with Crippen molar-refractivity contribution in [3.8, 4) is 0 Å². The fraction of sp³-hybridized carbons (Fsp3) is 0.619. The van der Waals surface area contributed by atoms with Crippen LogP contribution >= 0.6 is 0 Å². The Hall–Kier alpha value is -2.51. The number of hydrogen-bond donors (Lipinski definition) is 1. The Morgan fingerprint density at radius 3 is 2.48 bits per heavy atom. The van der Waals surface area contributed by atoms with Gasteiger partial charge in [0.25, 0.3) is 0 Å². The highest BCUT2D eigenvalue weighted by atomic mass is 19.1. The number of ether oxygens (including phenoxy) is 1. The quantitative estimate of drug-likeness (QED) is 0.616. The van der Waals surface area contributed by atoms with Crippen LogP contribution < -0.4 is 10.6 Å². The van der Waals surface area contributed by atoms with Gasteiger partial charge in [-0.15, -0.1) is 0 Å². The van der Waals surface area contributed by atoms with Gasteiger partial charge < -0.3 is 25.2 Å². The zero-order valence-corrected chi connectivity index (χ0v) is 17.8. The molecule has 0 bridgehead atoms. The Balaban J connectivity index is 1.55. The van der Waals surface area contributed by atoms with Gasteiger partial charge in [0, 0.05) is 39.3 Å². The number of anilines is 1. The molecule has 8 heteroatoms. The molecule has 2 fully saturated rings. The van der Waals surface area contributed by atoms with Crippen LogP contribution in [0, 0.1) is 5.82 Å². The van der Waals surface area contributed by atoms with Gasteiger partial charge in [0.1, 0.15) is 11.4 Å². The molecule has 0 spiro atoms. The molecule has 2 N–H and O–H groups in total. The molecular weight excluding hydrogens is 373 g/mol. The number of rotatable bonds is 4. The highest BCUT2D eigenvalue weighted by Crippen LogP contribution is 2.25. The summed E-state index contributed by atoms with van der Waals surface area (Å²) >= 11 is 0. The normalized spacial score (nSPS) is 18.0. The van der Waals surface area contributed by atoms with Gasteiger partial charge in [-0.1, -0.05) is 6.07 Å². The van der Waals surface area contributed by atoms with E-state index in [9.17, 15) is 9.18 Å². The third kappa shape index (κ3) is 5.74. The summed E-state index contributed by atoms with van der Waals surface area (Å²) in [5, 5.41) is 0. The standard InChI is InChI=1S/C21H32FN5O2/c1-21(2,3)29-20(28)27-11-9-26(10-12-27)18-8-5-15(13-17(18)22)14-24-19(23)25(4)16-6-7-16/h5,8,13,16H,6-7,9-12,14H2,1-4H3,(H2,23,24). The Morgan fingerprint density at radius 1 is 1.28 bits per heavy atom. The molecule has 1 saturated carbocycles. The number of nitrogens with zero attached hydrogens (tertiary/aromatic N) is 4. The lowest BCUT2D eigenvalue weighted by Gasteiger charge is -2.36. The molecule has 1 saturated heterocycles. The molecule has 0 atom stereocenters. The fourth-order valence-corrected chi connectivity index (χ4v) is 3.29. The van der Waals surface area contributed by atoms with Crippen molar-refractivity contribution in [3.05, 3.63) is 29.6 Å². The van der Waals surface area contributed by atoms with Crippen LogP contribution in [-0.2, 0) is 11.3 Å². The molecule has 2 aliphatic rings. The maximum Gasteiger partial charge on any atom is 0.410 e. The maximum absolute atomic E-state index is 14.7. The number of nitrogens with two attached hydrogens (primary N) is 1. The topological polar surface area (TPSA) is 74.4 Å². The van der Waals surface area contributed by atoms with Crippen LogP contribution in [0.4, 0.5) is 14.9 Å². The van der Waals surface area contributed by atoms with Gasteiger partial charge in [-0.2, -0.15) is 0 Å². The number of halogens is 1. The predicted octanol–water partition coefficient (Wildman–Crippen LogP) is 2.79. The highest BCUT2D eigenvalue weighted by Gasteiger charge is 2.28. The highest BCUT2D eigenvalue weighted by molar-refractivity contribution is 5.78. The van der Waals surface area contributed by atoms with E-state index in [0.717, 1.165) is 18.4 Å². The molecule has 1 amide bonds. The molecule has 3 rings (SSSR count). The lowest BCUT2D eigenvalue weighted by atomic mass is 10.1. The van der Waals surface area contributed by atoms with E-state index in [1.54, 1.807) is 11.0 Å². The summed E-state index contributed by atoms with van der Waals surface area (Å²) in [5.74, 6) is 0.216. The van der Waals surface area contributed by atoms with Crippen molar-refractivity contribution in [1.82, 2.24) is 9.80 Å². The summed E-state index contributed by atoms with van der Waals surface area (Å²) in [5.41, 5.74) is 6.81. The molecule has 0 unspecified atom stereocenters. The van der Waals surface area contributed by atoms with Crippen LogP contribution in [0.1, 0.15) is 39.2 Å². The first kappa shape index (κ1) is 21.2. The Morgan fingerprint density at radius 2 is 1.93 bits per heavy atom. The van der Waals surface area contributed by atoms with Crippen molar-refractivity contribution in [1.29, 1.82) is 0 Å². The molecule has 1 aromatic rings. The summed E-state index contributed by atoms with van der Waals surface area (Å²) in [6, 6.07) is 5.68. The number of guanidine groups is 1. The van der Waals surface area contributed by atoms with Crippen molar-refractivity contribution in [2.24, 2.45) is 10.7 Å². The first-order valence-corrected chi connectivity index (χ1v) is 10.2. The van der Waals surface area contributed by atoms with Gasteiger partial charge in [0.2, 0.25) is 0 Å². The summed E-state index contributed by atoms with van der Waals surface area (Å²) in [7, 11) is 1.94. The third-order valence-corrected chi connectivity index (χ3v) is 5.16. The second kappa shape index (κ2) is 8.47. The third-order valence-electron chi connectivity index (χ3n) is 5.16. The van der Waals surface area contributed by atoms with Crippen LogP contribution in [-0.4, -0.2) is 66.7 Å². The van der Waals surface area contributed by atoms with Crippen molar-refractivity contribution in [2.45, 2.75) is 51.8 Å². The summed E-state index contributed by atoms with van der Waals surface area (Å²) < 4.78 is 20.1. The van der Waals surface area contributed by atoms with Gasteiger partial charge in [0.05, 0.1) is 12.2 Å². The summed E-state index contributed by atoms with van der Waals surface area (Å²) in [6.07, 6.45) is 1.98. The first-order valence-electron chi connectivity index (χ1n) is 10.2. The number of carbonyl (C=O) groups excluding carboxylic acids is 1. The van der Waals surface area contributed by atoms with Crippen LogP contribution in [0.5, 0.6) is 0 Å². The minimum Gasteiger partial charge on any atom is -0.444 e. The van der Waals surface area contributed by atoms with Gasteiger partial charge in [-0.25, -0.2) is 14.2 Å². The van der Waals surface area contributed by atoms with E-state index in [0.29, 0.717) is 50.4 Å². The summed E-state index contributed by atoms with van der Waals surface area (Å²) in [4.78, 5) is 22.2. The second-order valence-corrected chi connectivity index (χ2v) is 8.76. The zero-order chi connectivity index (χ0) is 21.2. The van der Waals surface area contributed by atoms with Crippen LogP contribution in [0.15, 0.2) is 23.2 Å². The smallest absolute Gasteiger partial charge is 0.410 e. The molecule has 160 valence electrons. The zero-order valence-electron chi connectivity index (χ0n) is 17.8. The van der Waals surface area contributed by atoms with E-state index in [1.807, 2.05) is 43.7 Å². The van der Waals surface area contributed by atoms with E-state index >= 15 is 0 Å². The van der Waals surface area contributed by atoms with Crippen molar-refractivity contribution in [3.63, 3.8) is 0 Å². The molecule has 0 aromatic heterocycles. The van der Waals surface area contributed by atoms with E-state index < -0.39 is 5.60 Å². The first-order chi connectivity index (χ1) is 13.6. The Bertz CT molecular complexity index is 765. The number of hydrogen-bond acceptors (Lipinski definition) is 4. The molecular formula is C21H32FN5O2. The van der Waals surface area contributed by atoms with Crippen molar-refractivity contribution in [2.75, 3.05) is 38.1 Å². The van der Waals surface area contributed by atoms with Crippen LogP contribution in [0.3, 0.4) is 0 Å². The molecule has 1 aliphatic carbocycles. The number of amides is 1. The minimum absolute atomic E-state index is 0.280. The van der Waals surface area contributed by atoms with E-state index in [-0.39, 0.29) is 11.9 Å². The Labute approximate surface area is 172 Å². The number of piperazine rings is 1. The second-order valence-electron chi connectivity index (χ2n) is 8.76. The van der Waals surface area contributed by atoms with E-state index in [4.69, 9.17) is 10.5 Å². The summed E-state index contributed by atoms with van der Waals surface area (Å²) in [6.45, 7) is 8.03. The fourth-order valence-electron chi connectivity index (χ4n) is 3.29. The largest absolute Gasteiger partial charge is 0.444 e. The van der Waals surface area contributed by atoms with Crippen molar-refractivity contribution >= 4 is 17.7 Å². The Kier molecular flexibility index (Phi) is 6.19. The van der Waals surface area contributed by atoms with E-state index in [1.165, 1.54) is 6.07 Å². The van der Waals surface area contributed by atoms with Gasteiger partial charge in [0.15, 0.2) is 5.96 Å². The molecule has 1 aromatic carbocycles. The number of carbonyl (C=O) groups is 1. The average Bonchev–Trinajstić information content (AvgIpc) is 3.49. The maximum atomic E-state index is 14.7. The lowest BCUT2D eigenvalue weighted by molar-refractivity contribution is 0.0240. The number of aliphatic imine (C=N–C) groups is 1. The van der Waals surface area contributed by atoms with Gasteiger partial charge in [-0.05, 0) is 51.3 Å². The van der Waals surface area contributed by atoms with Crippen molar-refractivity contribution < 1.29 is 13.9 Å². The predicted molar refractivity (Wildman–Crippen MR) is 113 cm³/mol. The average molecular weight is 406 g/mol.